The van der Waals surface area contributed by atoms with Crippen LogP contribution >= 0.6 is 23.2 Å². The number of nitrogens with zero attached hydrogens (tertiary/aromatic N) is 1. The lowest BCUT2D eigenvalue weighted by Crippen LogP contribution is -2.11. The standard InChI is InChI=1S/C26H16Cl2FN2O/c27-20-4-2-5-21(28)24(20)16-9-12-18-23(13-16)31(14-15-7-10-17(29)11-8-15)22-6-1-3-19(25(18)22)26(30)32/h1-11,13H,14H2,(H2,30,32). The van der Waals surface area contributed by atoms with E-state index in [2.05, 4.69) is 10.6 Å². The molecule has 1 heterocycles. The van der Waals surface area contributed by atoms with Crippen molar-refractivity contribution >= 4 is 50.9 Å². The van der Waals surface area contributed by atoms with Crippen molar-refractivity contribution in [2.45, 2.75) is 6.54 Å². The highest BCUT2D eigenvalue weighted by Gasteiger charge is 2.18. The first-order valence-corrected chi connectivity index (χ1v) is 10.6. The fourth-order valence-electron chi connectivity index (χ4n) is 4.12. The smallest absolute Gasteiger partial charge is 0.249 e. The first kappa shape index (κ1) is 20.6. The van der Waals surface area contributed by atoms with E-state index in [1.165, 1.54) is 12.1 Å². The van der Waals surface area contributed by atoms with Crippen LogP contribution in [0.4, 0.5) is 4.39 Å². The van der Waals surface area contributed by atoms with Crippen molar-refractivity contribution in [1.82, 2.24) is 4.57 Å². The van der Waals surface area contributed by atoms with Crippen molar-refractivity contribution in [1.29, 1.82) is 0 Å². The van der Waals surface area contributed by atoms with E-state index < -0.39 is 5.91 Å². The van der Waals surface area contributed by atoms with Gasteiger partial charge in [-0.15, -0.1) is 0 Å². The van der Waals surface area contributed by atoms with Crippen molar-refractivity contribution in [2.75, 3.05) is 0 Å². The van der Waals surface area contributed by atoms with Gasteiger partial charge in [0.1, 0.15) is 5.82 Å². The molecular weight excluding hydrogens is 446 g/mol. The summed E-state index contributed by atoms with van der Waals surface area (Å²) in [6.07, 6.45) is 0. The van der Waals surface area contributed by atoms with Gasteiger partial charge >= 0.3 is 0 Å². The number of hydrogen-bond donors (Lipinski definition) is 1. The minimum Gasteiger partial charge on any atom is -0.366 e. The van der Waals surface area contributed by atoms with Crippen LogP contribution in [0.25, 0.3) is 32.9 Å². The number of benzene rings is 4. The van der Waals surface area contributed by atoms with E-state index in [0.29, 0.717) is 27.7 Å². The zero-order valence-electron chi connectivity index (χ0n) is 16.7. The molecule has 0 bridgehead atoms. The SMILES string of the molecule is NC(=O)c1cccc2c1c1[c]cc(-c3c(Cl)cccc3Cl)cc1n2Cc1ccc(F)cc1. The number of primary amides is 1. The van der Waals surface area contributed by atoms with Gasteiger partial charge in [0.25, 0.3) is 0 Å². The summed E-state index contributed by atoms with van der Waals surface area (Å²) in [6.45, 7) is 0.468. The Morgan fingerprint density at radius 1 is 0.969 bits per heavy atom. The van der Waals surface area contributed by atoms with Crippen molar-refractivity contribution in [3.8, 4) is 11.1 Å². The monoisotopic (exact) mass is 461 g/mol. The number of fused-ring (bicyclic) bond motifs is 3. The second-order valence-electron chi connectivity index (χ2n) is 7.52. The Bertz CT molecular complexity index is 1490. The third-order valence-corrected chi connectivity index (χ3v) is 6.20. The van der Waals surface area contributed by atoms with Gasteiger partial charge in [0.2, 0.25) is 5.91 Å². The molecule has 2 N–H and O–H groups in total. The lowest BCUT2D eigenvalue weighted by molar-refractivity contribution is 0.100. The maximum atomic E-state index is 13.4. The summed E-state index contributed by atoms with van der Waals surface area (Å²) < 4.78 is 15.5. The lowest BCUT2D eigenvalue weighted by atomic mass is 10.0. The topological polar surface area (TPSA) is 48.0 Å². The molecule has 5 rings (SSSR count). The van der Waals surface area contributed by atoms with Crippen LogP contribution in [0.1, 0.15) is 15.9 Å². The summed E-state index contributed by atoms with van der Waals surface area (Å²) in [5.74, 6) is -0.806. The maximum Gasteiger partial charge on any atom is 0.249 e. The molecule has 4 aromatic carbocycles. The van der Waals surface area contributed by atoms with Gasteiger partial charge in [-0.3, -0.25) is 4.79 Å². The van der Waals surface area contributed by atoms with Crippen molar-refractivity contribution < 1.29 is 9.18 Å². The number of rotatable bonds is 4. The van der Waals surface area contributed by atoms with Crippen molar-refractivity contribution in [2.24, 2.45) is 5.73 Å². The summed E-state index contributed by atoms with van der Waals surface area (Å²) in [4.78, 5) is 12.2. The Balaban J connectivity index is 1.82. The number of amides is 1. The number of aromatic nitrogens is 1. The average molecular weight is 462 g/mol. The van der Waals surface area contributed by atoms with Crippen LogP contribution in [0.3, 0.4) is 0 Å². The molecule has 0 aliphatic rings. The third-order valence-electron chi connectivity index (χ3n) is 5.57. The number of carbonyl (C=O) groups is 1. The molecule has 6 heteroatoms. The van der Waals surface area contributed by atoms with E-state index in [0.717, 1.165) is 32.9 Å². The van der Waals surface area contributed by atoms with Crippen LogP contribution in [-0.2, 0) is 6.54 Å². The highest BCUT2D eigenvalue weighted by atomic mass is 35.5. The Hall–Kier alpha value is -3.34. The Morgan fingerprint density at radius 2 is 1.66 bits per heavy atom. The van der Waals surface area contributed by atoms with Gasteiger partial charge < -0.3 is 10.3 Å². The molecule has 5 aromatic rings. The second kappa shape index (κ2) is 7.97. The highest BCUT2D eigenvalue weighted by Crippen LogP contribution is 2.39. The molecule has 0 atom stereocenters. The maximum absolute atomic E-state index is 13.4. The second-order valence-corrected chi connectivity index (χ2v) is 8.34. The van der Waals surface area contributed by atoms with E-state index >= 15 is 0 Å². The molecule has 32 heavy (non-hydrogen) atoms. The normalized spacial score (nSPS) is 11.3. The van der Waals surface area contributed by atoms with Crippen molar-refractivity contribution in [3.05, 3.63) is 106 Å². The molecule has 0 aliphatic carbocycles. The highest BCUT2D eigenvalue weighted by molar-refractivity contribution is 6.39. The average Bonchev–Trinajstić information content (AvgIpc) is 3.08. The summed E-state index contributed by atoms with van der Waals surface area (Å²) in [6, 6.07) is 24.3. The van der Waals surface area contributed by atoms with Gasteiger partial charge in [0, 0.05) is 38.5 Å². The van der Waals surface area contributed by atoms with Crippen molar-refractivity contribution in [3.63, 3.8) is 0 Å². The molecule has 1 aromatic heterocycles. The molecule has 0 saturated carbocycles. The van der Waals surface area contributed by atoms with Crippen LogP contribution in [0, 0.1) is 11.9 Å². The Labute approximate surface area is 193 Å². The van der Waals surface area contributed by atoms with Crippen LogP contribution in [-0.4, -0.2) is 10.5 Å². The minimum atomic E-state index is -0.511. The first-order valence-electron chi connectivity index (χ1n) is 9.89. The van der Waals surface area contributed by atoms with E-state index in [-0.39, 0.29) is 5.82 Å². The minimum absolute atomic E-state index is 0.295. The third kappa shape index (κ3) is 3.42. The molecule has 0 fully saturated rings. The zero-order valence-corrected chi connectivity index (χ0v) is 18.2. The summed E-state index contributed by atoms with van der Waals surface area (Å²) in [5, 5.41) is 2.56. The van der Waals surface area contributed by atoms with Gasteiger partial charge in [-0.05, 0) is 65.7 Å². The number of nitrogens with two attached hydrogens (primary N) is 1. The molecule has 3 nitrogen and oxygen atoms in total. The molecule has 0 aliphatic heterocycles. The van der Waals surface area contributed by atoms with Gasteiger partial charge in [0.05, 0.1) is 11.0 Å². The quantitative estimate of drug-likeness (QED) is 0.312. The predicted molar refractivity (Wildman–Crippen MR) is 128 cm³/mol. The van der Waals surface area contributed by atoms with Gasteiger partial charge in [0.15, 0.2) is 0 Å². The van der Waals surface area contributed by atoms with E-state index in [1.54, 1.807) is 42.5 Å². The van der Waals surface area contributed by atoms with Gasteiger partial charge in [-0.25, -0.2) is 4.39 Å². The molecule has 157 valence electrons. The largest absolute Gasteiger partial charge is 0.366 e. The van der Waals surface area contributed by atoms with Gasteiger partial charge in [-0.2, -0.15) is 0 Å². The van der Waals surface area contributed by atoms with Crippen LogP contribution in [0.2, 0.25) is 10.0 Å². The molecule has 1 radical (unpaired) electrons. The van der Waals surface area contributed by atoms with Crippen LogP contribution < -0.4 is 5.73 Å². The molecule has 0 unspecified atom stereocenters. The van der Waals surface area contributed by atoms with E-state index in [1.807, 2.05) is 18.2 Å². The van der Waals surface area contributed by atoms with E-state index in [4.69, 9.17) is 28.9 Å². The predicted octanol–water partition coefficient (Wildman–Crippen LogP) is 6.85. The fraction of sp³-hybridized carbons (Fsp3) is 0.0385. The van der Waals surface area contributed by atoms with Crippen LogP contribution in [0.15, 0.2) is 72.8 Å². The fourth-order valence-corrected chi connectivity index (χ4v) is 4.74. The summed E-state index contributed by atoms with van der Waals surface area (Å²) >= 11 is 12.9. The van der Waals surface area contributed by atoms with E-state index in [9.17, 15) is 9.18 Å². The Morgan fingerprint density at radius 3 is 2.34 bits per heavy atom. The lowest BCUT2D eigenvalue weighted by Gasteiger charge is -2.10. The number of halogens is 3. The van der Waals surface area contributed by atoms with Crippen LogP contribution in [0.5, 0.6) is 0 Å². The molecular formula is C26H16Cl2FN2O. The molecule has 0 spiro atoms. The van der Waals surface area contributed by atoms with Gasteiger partial charge in [-0.1, -0.05) is 47.5 Å². The zero-order chi connectivity index (χ0) is 22.4. The summed E-state index contributed by atoms with van der Waals surface area (Å²) in [5.41, 5.74) is 10.2. The first-order chi connectivity index (χ1) is 15.4. The Kier molecular flexibility index (Phi) is 5.12. The number of hydrogen-bond acceptors (Lipinski definition) is 1. The molecule has 1 amide bonds. The number of carbonyl (C=O) groups excluding carboxylic acids is 1. The summed E-state index contributed by atoms with van der Waals surface area (Å²) in [7, 11) is 0. The molecule has 0 saturated heterocycles.